The molecule has 35 heavy (non-hydrogen) atoms. The number of carbonyl (C=O) groups is 1. The molecule has 6 rings (SSSR count). The van der Waals surface area contributed by atoms with Crippen molar-refractivity contribution in [2.45, 2.75) is 58.4 Å². The summed E-state index contributed by atoms with van der Waals surface area (Å²) in [5.74, 6) is 2.84. The molecule has 2 atom stereocenters. The third kappa shape index (κ3) is 4.67. The van der Waals surface area contributed by atoms with Crippen molar-refractivity contribution in [3.05, 3.63) is 18.5 Å². The Hall–Kier alpha value is -2.19. The molecule has 5 heterocycles. The number of carbonyl (C=O) groups excluding carboxylic acids is 1. The zero-order valence-electron chi connectivity index (χ0n) is 21.5. The standard InChI is InChI=1S/C27H41N7O/c1-27(2)21-17-32(18-22(21)27)16-15-31-13-9-20(10-14-31)29-26(35)34-19-28-25-23(34)7-8-24(30-25)33-11-5-3-4-6-12-33/h7-8,19-22H,3-6,9-18H2,1-2H3,(H,29,35). The van der Waals surface area contributed by atoms with Gasteiger partial charge < -0.3 is 20.0 Å². The van der Waals surface area contributed by atoms with E-state index in [1.165, 1.54) is 45.3 Å². The van der Waals surface area contributed by atoms with Gasteiger partial charge in [-0.1, -0.05) is 26.7 Å². The van der Waals surface area contributed by atoms with Crippen LogP contribution >= 0.6 is 0 Å². The summed E-state index contributed by atoms with van der Waals surface area (Å²) < 4.78 is 1.63. The van der Waals surface area contributed by atoms with Gasteiger partial charge in [0, 0.05) is 58.4 Å². The van der Waals surface area contributed by atoms with Gasteiger partial charge >= 0.3 is 6.03 Å². The molecule has 0 spiro atoms. The largest absolute Gasteiger partial charge is 0.357 e. The molecule has 0 aromatic carbocycles. The zero-order chi connectivity index (χ0) is 24.0. The lowest BCUT2D eigenvalue weighted by atomic mass is 10.0. The van der Waals surface area contributed by atoms with Crippen LogP contribution in [0.4, 0.5) is 10.6 Å². The minimum atomic E-state index is -0.0887. The normalized spacial score (nSPS) is 27.7. The highest BCUT2D eigenvalue weighted by molar-refractivity contribution is 5.88. The van der Waals surface area contributed by atoms with Crippen LogP contribution < -0.4 is 10.2 Å². The fourth-order valence-corrected chi connectivity index (χ4v) is 6.75. The number of amides is 1. The minimum absolute atomic E-state index is 0.0887. The van der Waals surface area contributed by atoms with E-state index in [4.69, 9.17) is 4.98 Å². The van der Waals surface area contributed by atoms with E-state index >= 15 is 0 Å². The molecule has 2 aromatic rings. The van der Waals surface area contributed by atoms with E-state index in [1.54, 1.807) is 10.9 Å². The van der Waals surface area contributed by atoms with Crippen molar-refractivity contribution in [1.82, 2.24) is 29.7 Å². The Morgan fingerprint density at radius 1 is 0.971 bits per heavy atom. The van der Waals surface area contributed by atoms with Gasteiger partial charge in [-0.3, -0.25) is 0 Å². The molecule has 8 nitrogen and oxygen atoms in total. The Kier molecular flexibility index (Phi) is 6.21. The van der Waals surface area contributed by atoms with Gasteiger partial charge in [0.15, 0.2) is 5.65 Å². The highest BCUT2D eigenvalue weighted by Gasteiger charge is 2.61. The molecule has 1 saturated carbocycles. The smallest absolute Gasteiger partial charge is 0.327 e. The quantitative estimate of drug-likeness (QED) is 0.709. The van der Waals surface area contributed by atoms with Crippen LogP contribution in [-0.4, -0.2) is 88.8 Å². The van der Waals surface area contributed by atoms with Gasteiger partial charge in [0.05, 0.1) is 5.52 Å². The lowest BCUT2D eigenvalue weighted by Crippen LogP contribution is -2.47. The maximum absolute atomic E-state index is 13.0. The second-order valence-electron chi connectivity index (χ2n) is 11.9. The van der Waals surface area contributed by atoms with Crippen LogP contribution in [0.25, 0.3) is 11.2 Å². The molecule has 1 N–H and O–H groups in total. The molecule has 8 heteroatoms. The van der Waals surface area contributed by atoms with E-state index < -0.39 is 0 Å². The van der Waals surface area contributed by atoms with Crippen molar-refractivity contribution in [3.63, 3.8) is 0 Å². The van der Waals surface area contributed by atoms with Gasteiger partial charge in [-0.25, -0.2) is 19.3 Å². The first kappa shape index (κ1) is 23.2. The number of anilines is 1. The summed E-state index contributed by atoms with van der Waals surface area (Å²) in [6, 6.07) is 4.18. The molecule has 3 saturated heterocycles. The Labute approximate surface area is 209 Å². The van der Waals surface area contributed by atoms with Crippen molar-refractivity contribution in [1.29, 1.82) is 0 Å². The number of hydrogen-bond acceptors (Lipinski definition) is 6. The van der Waals surface area contributed by atoms with Crippen molar-refractivity contribution in [2.24, 2.45) is 17.3 Å². The molecule has 4 fully saturated rings. The fraction of sp³-hybridized carbons (Fsp3) is 0.741. The van der Waals surface area contributed by atoms with E-state index in [1.807, 2.05) is 12.1 Å². The summed E-state index contributed by atoms with van der Waals surface area (Å²) in [4.78, 5) is 29.8. The second-order valence-corrected chi connectivity index (χ2v) is 11.9. The third-order valence-electron chi connectivity index (χ3n) is 9.39. The van der Waals surface area contributed by atoms with E-state index in [-0.39, 0.29) is 12.1 Å². The van der Waals surface area contributed by atoms with Crippen LogP contribution in [0, 0.1) is 17.3 Å². The van der Waals surface area contributed by atoms with Gasteiger partial charge in [0.2, 0.25) is 0 Å². The number of nitrogens with one attached hydrogen (secondary N) is 1. The maximum atomic E-state index is 13.0. The summed E-state index contributed by atoms with van der Waals surface area (Å²) in [6.07, 6.45) is 8.66. The van der Waals surface area contributed by atoms with Gasteiger partial charge in [-0.2, -0.15) is 0 Å². The minimum Gasteiger partial charge on any atom is -0.357 e. The molecule has 2 unspecified atom stereocenters. The monoisotopic (exact) mass is 479 g/mol. The SMILES string of the molecule is CC1(C)C2CN(CCN3CCC(NC(=O)n4cnc5nc(N6CCCCCC6)ccc54)CC3)CC21. The van der Waals surface area contributed by atoms with Crippen molar-refractivity contribution < 1.29 is 4.79 Å². The van der Waals surface area contributed by atoms with E-state index in [2.05, 4.69) is 38.8 Å². The summed E-state index contributed by atoms with van der Waals surface area (Å²) in [5, 5.41) is 3.25. The summed E-state index contributed by atoms with van der Waals surface area (Å²) in [5.41, 5.74) is 2.03. The average Bonchev–Trinajstić information content (AvgIpc) is 3.14. The molecule has 0 radical (unpaired) electrons. The number of likely N-dealkylation sites (tertiary alicyclic amines) is 2. The zero-order valence-corrected chi connectivity index (χ0v) is 21.5. The Bertz CT molecular complexity index is 1030. The van der Waals surface area contributed by atoms with E-state index in [9.17, 15) is 4.79 Å². The highest BCUT2D eigenvalue weighted by Crippen LogP contribution is 2.61. The number of rotatable bonds is 5. The lowest BCUT2D eigenvalue weighted by Gasteiger charge is -2.33. The van der Waals surface area contributed by atoms with Crippen molar-refractivity contribution >= 4 is 23.0 Å². The Morgan fingerprint density at radius 3 is 2.37 bits per heavy atom. The Balaban J connectivity index is 0.983. The molecule has 0 bridgehead atoms. The van der Waals surface area contributed by atoms with Crippen LogP contribution in [0.1, 0.15) is 52.4 Å². The van der Waals surface area contributed by atoms with E-state index in [0.29, 0.717) is 11.1 Å². The van der Waals surface area contributed by atoms with Gasteiger partial charge in [0.1, 0.15) is 12.1 Å². The van der Waals surface area contributed by atoms with Crippen molar-refractivity contribution in [2.75, 3.05) is 57.3 Å². The third-order valence-corrected chi connectivity index (χ3v) is 9.39. The molecule has 190 valence electrons. The van der Waals surface area contributed by atoms with E-state index in [0.717, 1.165) is 68.7 Å². The van der Waals surface area contributed by atoms with Gasteiger partial charge in [-0.05, 0) is 55.1 Å². The predicted molar refractivity (Wildman–Crippen MR) is 139 cm³/mol. The number of hydrogen-bond donors (Lipinski definition) is 1. The first-order valence-corrected chi connectivity index (χ1v) is 13.8. The number of pyridine rings is 1. The van der Waals surface area contributed by atoms with Crippen LogP contribution in [-0.2, 0) is 0 Å². The van der Waals surface area contributed by atoms with Crippen molar-refractivity contribution in [3.8, 4) is 0 Å². The van der Waals surface area contributed by atoms with Gasteiger partial charge in [0.25, 0.3) is 0 Å². The summed E-state index contributed by atoms with van der Waals surface area (Å²) in [6.45, 7) is 14.0. The molecular formula is C27H41N7O. The number of aromatic nitrogens is 3. The number of imidazole rings is 1. The Morgan fingerprint density at radius 2 is 1.66 bits per heavy atom. The van der Waals surface area contributed by atoms with Crippen LogP contribution in [0.3, 0.4) is 0 Å². The highest BCUT2D eigenvalue weighted by atomic mass is 16.2. The second kappa shape index (κ2) is 9.36. The summed E-state index contributed by atoms with van der Waals surface area (Å²) >= 11 is 0. The molecule has 2 aromatic heterocycles. The molecule has 1 amide bonds. The average molecular weight is 480 g/mol. The van der Waals surface area contributed by atoms with Gasteiger partial charge in [-0.15, -0.1) is 0 Å². The first-order valence-electron chi connectivity index (χ1n) is 13.8. The molecule has 1 aliphatic carbocycles. The first-order chi connectivity index (χ1) is 17.0. The summed E-state index contributed by atoms with van der Waals surface area (Å²) in [7, 11) is 0. The molecule has 4 aliphatic rings. The number of fused-ring (bicyclic) bond motifs is 2. The number of nitrogens with zero attached hydrogens (tertiary/aromatic N) is 6. The lowest BCUT2D eigenvalue weighted by molar-refractivity contribution is 0.163. The van der Waals surface area contributed by atoms with Crippen LogP contribution in [0.15, 0.2) is 18.5 Å². The fourth-order valence-electron chi connectivity index (χ4n) is 6.75. The maximum Gasteiger partial charge on any atom is 0.327 e. The predicted octanol–water partition coefficient (Wildman–Crippen LogP) is 3.42. The van der Waals surface area contributed by atoms with Crippen LogP contribution in [0.5, 0.6) is 0 Å². The molecular weight excluding hydrogens is 438 g/mol. The number of piperidine rings is 2. The van der Waals surface area contributed by atoms with Crippen LogP contribution in [0.2, 0.25) is 0 Å². The topological polar surface area (TPSA) is 69.5 Å². The molecule has 3 aliphatic heterocycles.